The molecule has 2 heteroatoms. The summed E-state index contributed by atoms with van der Waals surface area (Å²) in [6.45, 7) is 2.15. The van der Waals surface area contributed by atoms with Crippen LogP contribution in [0.4, 0.5) is 0 Å². The molecule has 2 aliphatic carbocycles. The van der Waals surface area contributed by atoms with E-state index in [4.69, 9.17) is 4.74 Å². The third-order valence-electron chi connectivity index (χ3n) is 3.33. The van der Waals surface area contributed by atoms with E-state index in [1.54, 1.807) is 0 Å². The van der Waals surface area contributed by atoms with Gasteiger partial charge in [0, 0.05) is 0 Å². The average molecular weight is 166 g/mol. The zero-order valence-electron chi connectivity index (χ0n) is 7.49. The molecule has 4 atom stereocenters. The molecule has 0 aliphatic heterocycles. The fourth-order valence-corrected chi connectivity index (χ4v) is 2.59. The zero-order chi connectivity index (χ0) is 8.72. The van der Waals surface area contributed by atoms with E-state index < -0.39 is 0 Å². The third kappa shape index (κ3) is 0.904. The van der Waals surface area contributed by atoms with Gasteiger partial charge in [-0.25, -0.2) is 0 Å². The summed E-state index contributed by atoms with van der Waals surface area (Å²) in [4.78, 5) is 11.4. The van der Waals surface area contributed by atoms with Crippen LogP contribution in [0.2, 0.25) is 0 Å². The lowest BCUT2D eigenvalue weighted by Crippen LogP contribution is -2.26. The summed E-state index contributed by atoms with van der Waals surface area (Å²) in [7, 11) is 1.48. The molecule has 1 saturated carbocycles. The Labute approximate surface area is 72.6 Å². The van der Waals surface area contributed by atoms with Gasteiger partial charge >= 0.3 is 5.97 Å². The van der Waals surface area contributed by atoms with Gasteiger partial charge in [0.05, 0.1) is 13.0 Å². The molecule has 2 rings (SSSR count). The molecular formula is C10H14O2. The van der Waals surface area contributed by atoms with E-state index in [9.17, 15) is 4.79 Å². The number of hydrogen-bond donors (Lipinski definition) is 0. The average Bonchev–Trinajstić information content (AvgIpc) is 2.63. The summed E-state index contributed by atoms with van der Waals surface area (Å²) in [6, 6.07) is 0. The Hall–Kier alpha value is -0.790. The molecule has 0 unspecified atom stereocenters. The standard InChI is InChI=1S/C10H14O2/c1-6-7-3-4-8(5-7)9(6)10(11)12-2/h3-4,6-9H,5H2,1-2H3/t6-,7+,8-,9+/m0/s1. The molecule has 2 nitrogen and oxygen atoms in total. The van der Waals surface area contributed by atoms with Gasteiger partial charge in [-0.15, -0.1) is 0 Å². The van der Waals surface area contributed by atoms with Crippen molar-refractivity contribution in [1.82, 2.24) is 0 Å². The van der Waals surface area contributed by atoms with Crippen LogP contribution in [0, 0.1) is 23.7 Å². The topological polar surface area (TPSA) is 26.3 Å². The lowest BCUT2D eigenvalue weighted by Gasteiger charge is -2.21. The first-order valence-electron chi connectivity index (χ1n) is 4.50. The molecular weight excluding hydrogens is 152 g/mol. The van der Waals surface area contributed by atoms with Crippen LogP contribution in [-0.4, -0.2) is 13.1 Å². The van der Waals surface area contributed by atoms with Crippen molar-refractivity contribution >= 4 is 5.97 Å². The SMILES string of the molecule is COC(=O)[C@@H]1[C@@H](C)[C@@H]2C=C[C@H]1C2. The number of allylic oxidation sites excluding steroid dienone is 2. The van der Waals surface area contributed by atoms with Gasteiger partial charge in [0.25, 0.3) is 0 Å². The molecule has 2 bridgehead atoms. The van der Waals surface area contributed by atoms with Crippen molar-refractivity contribution in [2.24, 2.45) is 23.7 Å². The lowest BCUT2D eigenvalue weighted by molar-refractivity contribution is -0.147. The summed E-state index contributed by atoms with van der Waals surface area (Å²) in [5.41, 5.74) is 0. The van der Waals surface area contributed by atoms with Crippen LogP contribution in [0.15, 0.2) is 12.2 Å². The highest BCUT2D eigenvalue weighted by Crippen LogP contribution is 2.47. The summed E-state index contributed by atoms with van der Waals surface area (Å²) in [6.07, 6.45) is 5.57. The van der Waals surface area contributed by atoms with Gasteiger partial charge in [-0.05, 0) is 24.2 Å². The van der Waals surface area contributed by atoms with E-state index in [1.165, 1.54) is 7.11 Å². The van der Waals surface area contributed by atoms with Crippen molar-refractivity contribution in [2.75, 3.05) is 7.11 Å². The van der Waals surface area contributed by atoms with Crippen LogP contribution in [-0.2, 0) is 9.53 Å². The number of rotatable bonds is 1. The molecule has 0 spiro atoms. The maximum atomic E-state index is 11.4. The highest BCUT2D eigenvalue weighted by molar-refractivity contribution is 5.74. The monoisotopic (exact) mass is 166 g/mol. The van der Waals surface area contributed by atoms with Crippen LogP contribution in [0.5, 0.6) is 0 Å². The Bertz CT molecular complexity index is 232. The Balaban J connectivity index is 2.18. The van der Waals surface area contributed by atoms with Gasteiger partial charge in [0.1, 0.15) is 0 Å². The zero-order valence-corrected chi connectivity index (χ0v) is 7.49. The van der Waals surface area contributed by atoms with Gasteiger partial charge in [0.2, 0.25) is 0 Å². The number of fused-ring (bicyclic) bond motifs is 2. The first-order chi connectivity index (χ1) is 5.74. The Morgan fingerprint density at radius 1 is 1.42 bits per heavy atom. The smallest absolute Gasteiger partial charge is 0.309 e. The number of carbonyl (C=O) groups is 1. The van der Waals surface area contributed by atoms with Crippen LogP contribution in [0.1, 0.15) is 13.3 Å². The predicted molar refractivity (Wildman–Crippen MR) is 45.4 cm³/mol. The second-order valence-electron chi connectivity index (χ2n) is 3.86. The van der Waals surface area contributed by atoms with E-state index in [0.29, 0.717) is 17.8 Å². The van der Waals surface area contributed by atoms with E-state index in [-0.39, 0.29) is 11.9 Å². The normalized spacial score (nSPS) is 43.5. The molecule has 0 aromatic rings. The van der Waals surface area contributed by atoms with E-state index in [2.05, 4.69) is 19.1 Å². The third-order valence-corrected chi connectivity index (χ3v) is 3.33. The largest absolute Gasteiger partial charge is 0.469 e. The number of ether oxygens (including phenoxy) is 1. The van der Waals surface area contributed by atoms with Crippen molar-refractivity contribution in [3.8, 4) is 0 Å². The molecule has 0 radical (unpaired) electrons. The molecule has 1 fully saturated rings. The minimum absolute atomic E-state index is 0.0284. The van der Waals surface area contributed by atoms with Crippen molar-refractivity contribution in [3.05, 3.63) is 12.2 Å². The molecule has 12 heavy (non-hydrogen) atoms. The first kappa shape index (κ1) is 7.84. The Kier molecular flexibility index (Phi) is 1.71. The second-order valence-corrected chi connectivity index (χ2v) is 3.86. The van der Waals surface area contributed by atoms with Crippen LogP contribution in [0.25, 0.3) is 0 Å². The summed E-state index contributed by atoms with van der Waals surface area (Å²) in [5.74, 6) is 1.66. The maximum absolute atomic E-state index is 11.4. The highest BCUT2D eigenvalue weighted by Gasteiger charge is 2.46. The van der Waals surface area contributed by atoms with Crippen LogP contribution < -0.4 is 0 Å². The number of hydrogen-bond acceptors (Lipinski definition) is 2. The summed E-state index contributed by atoms with van der Waals surface area (Å²) < 4.78 is 4.78. The van der Waals surface area contributed by atoms with E-state index >= 15 is 0 Å². The molecule has 0 aromatic heterocycles. The van der Waals surface area contributed by atoms with Gasteiger partial charge in [-0.1, -0.05) is 19.1 Å². The van der Waals surface area contributed by atoms with Crippen LogP contribution >= 0.6 is 0 Å². The molecule has 2 aliphatic rings. The van der Waals surface area contributed by atoms with Gasteiger partial charge in [0.15, 0.2) is 0 Å². The summed E-state index contributed by atoms with van der Waals surface area (Å²) in [5, 5.41) is 0. The lowest BCUT2D eigenvalue weighted by atomic mass is 9.84. The minimum atomic E-state index is -0.0284. The number of methoxy groups -OCH3 is 1. The maximum Gasteiger partial charge on any atom is 0.309 e. The molecule has 0 saturated heterocycles. The Morgan fingerprint density at radius 2 is 2.08 bits per heavy atom. The quantitative estimate of drug-likeness (QED) is 0.437. The van der Waals surface area contributed by atoms with Crippen molar-refractivity contribution in [2.45, 2.75) is 13.3 Å². The van der Waals surface area contributed by atoms with Crippen LogP contribution in [0.3, 0.4) is 0 Å². The molecule has 0 N–H and O–H groups in total. The molecule has 66 valence electrons. The highest BCUT2D eigenvalue weighted by atomic mass is 16.5. The second kappa shape index (κ2) is 2.61. The van der Waals surface area contributed by atoms with Gasteiger partial charge in [-0.2, -0.15) is 0 Å². The minimum Gasteiger partial charge on any atom is -0.469 e. The van der Waals surface area contributed by atoms with Crippen molar-refractivity contribution in [3.63, 3.8) is 0 Å². The first-order valence-corrected chi connectivity index (χ1v) is 4.50. The number of carbonyl (C=O) groups excluding carboxylic acids is 1. The molecule has 0 aromatic carbocycles. The Morgan fingerprint density at radius 3 is 2.58 bits per heavy atom. The van der Waals surface area contributed by atoms with Crippen molar-refractivity contribution < 1.29 is 9.53 Å². The summed E-state index contributed by atoms with van der Waals surface area (Å²) >= 11 is 0. The fraction of sp³-hybridized carbons (Fsp3) is 0.700. The molecule has 0 amide bonds. The molecule has 0 heterocycles. The van der Waals surface area contributed by atoms with E-state index in [1.807, 2.05) is 0 Å². The van der Waals surface area contributed by atoms with Gasteiger partial charge in [-0.3, -0.25) is 4.79 Å². The number of esters is 1. The van der Waals surface area contributed by atoms with E-state index in [0.717, 1.165) is 6.42 Å². The van der Waals surface area contributed by atoms with Crippen molar-refractivity contribution in [1.29, 1.82) is 0 Å². The van der Waals surface area contributed by atoms with Gasteiger partial charge < -0.3 is 4.74 Å². The predicted octanol–water partition coefficient (Wildman–Crippen LogP) is 1.62. The fourth-order valence-electron chi connectivity index (χ4n) is 2.59.